The van der Waals surface area contributed by atoms with Crippen molar-refractivity contribution in [2.75, 3.05) is 31.2 Å². The third kappa shape index (κ3) is 4.76. The molecule has 0 bridgehead atoms. The van der Waals surface area contributed by atoms with Crippen LogP contribution in [0.5, 0.6) is 0 Å². The summed E-state index contributed by atoms with van der Waals surface area (Å²) in [6, 6.07) is 1.73. The van der Waals surface area contributed by atoms with Crippen LogP contribution in [0.4, 0.5) is 5.82 Å². The standard InChI is InChI=1S/C12H20ClN3O2/c1-3-16(6-5-7-17)12-8-10(13)14-11(15-12)9-18-4-2/h8,17H,3-7,9H2,1-2H3. The lowest BCUT2D eigenvalue weighted by molar-refractivity contribution is 0.128. The van der Waals surface area contributed by atoms with E-state index >= 15 is 0 Å². The second kappa shape index (κ2) is 8.24. The van der Waals surface area contributed by atoms with Crippen molar-refractivity contribution in [1.82, 2.24) is 9.97 Å². The molecule has 0 atom stereocenters. The predicted octanol–water partition coefficient (Wildman–Crippen LogP) is 1.88. The molecule has 0 saturated heterocycles. The van der Waals surface area contributed by atoms with E-state index in [9.17, 15) is 0 Å². The smallest absolute Gasteiger partial charge is 0.158 e. The van der Waals surface area contributed by atoms with E-state index in [1.54, 1.807) is 6.07 Å². The lowest BCUT2D eigenvalue weighted by atomic mass is 10.3. The number of rotatable bonds is 8. The van der Waals surface area contributed by atoms with Crippen molar-refractivity contribution in [2.45, 2.75) is 26.9 Å². The second-order valence-corrected chi connectivity index (χ2v) is 4.15. The molecule has 0 amide bonds. The summed E-state index contributed by atoms with van der Waals surface area (Å²) in [5, 5.41) is 9.29. The van der Waals surface area contributed by atoms with Crippen molar-refractivity contribution in [3.8, 4) is 0 Å². The maximum atomic E-state index is 8.88. The summed E-state index contributed by atoms with van der Waals surface area (Å²) in [5.74, 6) is 1.36. The van der Waals surface area contributed by atoms with Crippen LogP contribution in [-0.2, 0) is 11.3 Å². The van der Waals surface area contributed by atoms with Crippen LogP contribution in [-0.4, -0.2) is 41.4 Å². The van der Waals surface area contributed by atoms with Gasteiger partial charge in [0, 0.05) is 32.4 Å². The summed E-state index contributed by atoms with van der Waals surface area (Å²) < 4.78 is 5.28. The van der Waals surface area contributed by atoms with Crippen LogP contribution in [0.2, 0.25) is 5.15 Å². The molecule has 1 aromatic rings. The number of aliphatic hydroxyl groups is 1. The number of aromatic nitrogens is 2. The van der Waals surface area contributed by atoms with Crippen LogP contribution < -0.4 is 4.90 Å². The number of halogens is 1. The lowest BCUT2D eigenvalue weighted by Gasteiger charge is -2.22. The molecule has 102 valence electrons. The normalized spacial score (nSPS) is 10.7. The molecule has 0 unspecified atom stereocenters. The first kappa shape index (κ1) is 15.1. The van der Waals surface area contributed by atoms with E-state index in [-0.39, 0.29) is 6.61 Å². The molecule has 18 heavy (non-hydrogen) atoms. The zero-order valence-electron chi connectivity index (χ0n) is 10.9. The summed E-state index contributed by atoms with van der Waals surface area (Å²) >= 11 is 5.98. The van der Waals surface area contributed by atoms with Gasteiger partial charge in [-0.2, -0.15) is 0 Å². The Kier molecular flexibility index (Phi) is 6.93. The summed E-state index contributed by atoms with van der Waals surface area (Å²) in [5.41, 5.74) is 0. The van der Waals surface area contributed by atoms with Gasteiger partial charge < -0.3 is 14.7 Å². The average Bonchev–Trinajstić information content (AvgIpc) is 2.37. The number of anilines is 1. The van der Waals surface area contributed by atoms with Gasteiger partial charge in [-0.1, -0.05) is 11.6 Å². The van der Waals surface area contributed by atoms with Crippen LogP contribution in [0.25, 0.3) is 0 Å². The van der Waals surface area contributed by atoms with Crippen LogP contribution in [0, 0.1) is 0 Å². The summed E-state index contributed by atoms with van der Waals surface area (Å²) in [6.45, 7) is 6.66. The van der Waals surface area contributed by atoms with E-state index in [0.717, 1.165) is 18.9 Å². The van der Waals surface area contributed by atoms with Gasteiger partial charge in [-0.05, 0) is 20.3 Å². The van der Waals surface area contributed by atoms with Crippen molar-refractivity contribution in [1.29, 1.82) is 0 Å². The number of hydrogen-bond donors (Lipinski definition) is 1. The zero-order chi connectivity index (χ0) is 13.4. The Balaban J connectivity index is 2.81. The van der Waals surface area contributed by atoms with Gasteiger partial charge in [0.25, 0.3) is 0 Å². The van der Waals surface area contributed by atoms with E-state index in [0.29, 0.717) is 30.6 Å². The van der Waals surface area contributed by atoms with Gasteiger partial charge in [-0.15, -0.1) is 0 Å². The molecule has 6 heteroatoms. The lowest BCUT2D eigenvalue weighted by Crippen LogP contribution is -2.26. The van der Waals surface area contributed by atoms with Crippen molar-refractivity contribution in [3.05, 3.63) is 17.0 Å². The van der Waals surface area contributed by atoms with Crippen LogP contribution in [0.1, 0.15) is 26.1 Å². The number of ether oxygens (including phenoxy) is 1. The van der Waals surface area contributed by atoms with E-state index in [4.69, 9.17) is 21.4 Å². The maximum Gasteiger partial charge on any atom is 0.158 e. The minimum absolute atomic E-state index is 0.168. The highest BCUT2D eigenvalue weighted by atomic mass is 35.5. The van der Waals surface area contributed by atoms with Crippen molar-refractivity contribution < 1.29 is 9.84 Å². The van der Waals surface area contributed by atoms with Crippen LogP contribution in [0.15, 0.2) is 6.07 Å². The molecule has 0 fully saturated rings. The molecule has 1 N–H and O–H groups in total. The Bertz CT molecular complexity index is 363. The molecule has 1 aromatic heterocycles. The Morgan fingerprint density at radius 1 is 1.39 bits per heavy atom. The number of hydrogen-bond acceptors (Lipinski definition) is 5. The number of nitrogens with zero attached hydrogens (tertiary/aromatic N) is 3. The molecule has 0 saturated carbocycles. The van der Waals surface area contributed by atoms with E-state index in [1.807, 2.05) is 13.8 Å². The zero-order valence-corrected chi connectivity index (χ0v) is 11.7. The SMILES string of the molecule is CCOCc1nc(Cl)cc(N(CC)CCCO)n1. The molecule has 0 aliphatic heterocycles. The molecule has 1 heterocycles. The average molecular weight is 274 g/mol. The molecule has 0 radical (unpaired) electrons. The highest BCUT2D eigenvalue weighted by Gasteiger charge is 2.09. The molecule has 0 spiro atoms. The topological polar surface area (TPSA) is 58.5 Å². The molecule has 0 aliphatic carbocycles. The minimum atomic E-state index is 0.168. The largest absolute Gasteiger partial charge is 0.396 e. The molecule has 0 aromatic carbocycles. The van der Waals surface area contributed by atoms with Gasteiger partial charge in [0.1, 0.15) is 17.6 Å². The summed E-state index contributed by atoms with van der Waals surface area (Å²) in [7, 11) is 0. The maximum absolute atomic E-state index is 8.88. The van der Waals surface area contributed by atoms with Crippen molar-refractivity contribution in [3.63, 3.8) is 0 Å². The first-order chi connectivity index (χ1) is 8.71. The molecule has 5 nitrogen and oxygen atoms in total. The highest BCUT2D eigenvalue weighted by Crippen LogP contribution is 2.16. The molecule has 0 aliphatic rings. The monoisotopic (exact) mass is 273 g/mol. The van der Waals surface area contributed by atoms with Gasteiger partial charge >= 0.3 is 0 Å². The third-order valence-electron chi connectivity index (χ3n) is 2.45. The Hall–Kier alpha value is -0.910. The van der Waals surface area contributed by atoms with Gasteiger partial charge in [-0.25, -0.2) is 9.97 Å². The molecular formula is C12H20ClN3O2. The van der Waals surface area contributed by atoms with E-state index in [2.05, 4.69) is 14.9 Å². The predicted molar refractivity (Wildman–Crippen MR) is 72.0 cm³/mol. The summed E-state index contributed by atoms with van der Waals surface area (Å²) in [6.07, 6.45) is 0.705. The van der Waals surface area contributed by atoms with Gasteiger partial charge in [0.15, 0.2) is 5.82 Å². The van der Waals surface area contributed by atoms with Crippen molar-refractivity contribution >= 4 is 17.4 Å². The Labute approximate surface area is 113 Å². The minimum Gasteiger partial charge on any atom is -0.396 e. The van der Waals surface area contributed by atoms with E-state index < -0.39 is 0 Å². The number of aliphatic hydroxyl groups excluding tert-OH is 1. The third-order valence-corrected chi connectivity index (χ3v) is 2.65. The fourth-order valence-electron chi connectivity index (χ4n) is 1.57. The van der Waals surface area contributed by atoms with Gasteiger partial charge in [0.2, 0.25) is 0 Å². The van der Waals surface area contributed by atoms with E-state index in [1.165, 1.54) is 0 Å². The Morgan fingerprint density at radius 2 is 2.17 bits per heavy atom. The fourth-order valence-corrected chi connectivity index (χ4v) is 1.76. The fraction of sp³-hybridized carbons (Fsp3) is 0.667. The quantitative estimate of drug-likeness (QED) is 0.733. The van der Waals surface area contributed by atoms with Crippen LogP contribution in [0.3, 0.4) is 0 Å². The Morgan fingerprint density at radius 3 is 2.78 bits per heavy atom. The highest BCUT2D eigenvalue weighted by molar-refractivity contribution is 6.29. The molecule has 1 rings (SSSR count). The van der Waals surface area contributed by atoms with Crippen LogP contribution >= 0.6 is 11.6 Å². The first-order valence-electron chi connectivity index (χ1n) is 6.18. The van der Waals surface area contributed by atoms with Gasteiger partial charge in [-0.3, -0.25) is 0 Å². The second-order valence-electron chi connectivity index (χ2n) is 3.76. The first-order valence-corrected chi connectivity index (χ1v) is 6.56. The summed E-state index contributed by atoms with van der Waals surface area (Å²) in [4.78, 5) is 10.6. The van der Waals surface area contributed by atoms with Gasteiger partial charge in [0.05, 0.1) is 0 Å². The van der Waals surface area contributed by atoms with Crippen molar-refractivity contribution in [2.24, 2.45) is 0 Å². The molecular weight excluding hydrogens is 254 g/mol.